The lowest BCUT2D eigenvalue weighted by Gasteiger charge is -2.17. The fourth-order valence-electron chi connectivity index (χ4n) is 1.79. The first kappa shape index (κ1) is 13.1. The smallest absolute Gasteiger partial charge is 0.147 e. The summed E-state index contributed by atoms with van der Waals surface area (Å²) < 4.78 is 19.0. The molecule has 0 saturated heterocycles. The molecule has 0 aliphatic heterocycles. The molecule has 19 heavy (non-hydrogen) atoms. The Bertz CT molecular complexity index is 576. The Hall–Kier alpha value is -2.32. The summed E-state index contributed by atoms with van der Waals surface area (Å²) >= 11 is 0. The number of anilines is 1. The molecule has 1 atom stereocenters. The molecule has 4 nitrogen and oxygen atoms in total. The normalized spacial score (nSPS) is 11.8. The molecular formula is C14H13FN2O2. The van der Waals surface area contributed by atoms with Crippen LogP contribution >= 0.6 is 0 Å². The van der Waals surface area contributed by atoms with Crippen LogP contribution in [0.5, 0.6) is 0 Å². The first-order valence-corrected chi connectivity index (χ1v) is 5.85. The summed E-state index contributed by atoms with van der Waals surface area (Å²) in [4.78, 5) is 0. The van der Waals surface area contributed by atoms with Gasteiger partial charge in [-0.1, -0.05) is 0 Å². The van der Waals surface area contributed by atoms with Crippen molar-refractivity contribution in [1.29, 1.82) is 5.26 Å². The monoisotopic (exact) mass is 260 g/mol. The molecule has 0 radical (unpaired) electrons. The van der Waals surface area contributed by atoms with Crippen molar-refractivity contribution < 1.29 is 13.9 Å². The zero-order chi connectivity index (χ0) is 13.7. The van der Waals surface area contributed by atoms with Gasteiger partial charge in [-0.3, -0.25) is 0 Å². The average molecular weight is 260 g/mol. The molecule has 0 aliphatic carbocycles. The van der Waals surface area contributed by atoms with Gasteiger partial charge in [0.25, 0.3) is 0 Å². The number of nitrogens with one attached hydrogen (secondary N) is 1. The van der Waals surface area contributed by atoms with Gasteiger partial charge in [0, 0.05) is 6.61 Å². The summed E-state index contributed by atoms with van der Waals surface area (Å²) in [5.74, 6) is 0.117. The minimum absolute atomic E-state index is 0.0454. The van der Waals surface area contributed by atoms with E-state index >= 15 is 0 Å². The summed E-state index contributed by atoms with van der Waals surface area (Å²) in [5, 5.41) is 20.7. The summed E-state index contributed by atoms with van der Waals surface area (Å²) in [6.07, 6.45) is 1.92. The van der Waals surface area contributed by atoms with E-state index in [2.05, 4.69) is 5.32 Å². The zero-order valence-electron chi connectivity index (χ0n) is 10.1. The molecule has 0 amide bonds. The molecule has 0 aliphatic rings. The van der Waals surface area contributed by atoms with E-state index in [9.17, 15) is 4.39 Å². The topological polar surface area (TPSA) is 69.2 Å². The van der Waals surface area contributed by atoms with Gasteiger partial charge in [-0.15, -0.1) is 0 Å². The van der Waals surface area contributed by atoms with Gasteiger partial charge in [-0.05, 0) is 36.8 Å². The standard InChI is InChI=1S/C14H13FN2O2/c15-11-8-10(9-16)3-4-12(11)17-13(5-6-18)14-2-1-7-19-14/h1-4,7-8,13,17-18H,5-6H2. The summed E-state index contributed by atoms with van der Waals surface area (Å²) in [6, 6.07) is 9.25. The number of aliphatic hydroxyl groups is 1. The van der Waals surface area contributed by atoms with Gasteiger partial charge in [0.05, 0.1) is 29.6 Å². The Kier molecular flexibility index (Phi) is 4.16. The van der Waals surface area contributed by atoms with Crippen LogP contribution in [0, 0.1) is 17.1 Å². The number of hydrogen-bond donors (Lipinski definition) is 2. The molecule has 1 heterocycles. The number of rotatable bonds is 5. The van der Waals surface area contributed by atoms with Crippen molar-refractivity contribution in [2.75, 3.05) is 11.9 Å². The Morgan fingerprint density at radius 1 is 1.42 bits per heavy atom. The van der Waals surface area contributed by atoms with Crippen LogP contribution in [-0.2, 0) is 0 Å². The van der Waals surface area contributed by atoms with Crippen molar-refractivity contribution in [3.05, 3.63) is 53.7 Å². The SMILES string of the molecule is N#Cc1ccc(NC(CCO)c2ccco2)c(F)c1. The number of halogens is 1. The highest BCUT2D eigenvalue weighted by molar-refractivity contribution is 5.49. The Balaban J connectivity index is 2.20. The van der Waals surface area contributed by atoms with E-state index in [1.165, 1.54) is 24.5 Å². The van der Waals surface area contributed by atoms with Gasteiger partial charge in [-0.25, -0.2) is 4.39 Å². The summed E-state index contributed by atoms with van der Waals surface area (Å²) in [5.41, 5.74) is 0.536. The van der Waals surface area contributed by atoms with Gasteiger partial charge in [0.2, 0.25) is 0 Å². The van der Waals surface area contributed by atoms with Crippen LogP contribution in [-0.4, -0.2) is 11.7 Å². The minimum atomic E-state index is -0.506. The maximum atomic E-state index is 13.8. The first-order valence-electron chi connectivity index (χ1n) is 5.85. The number of aliphatic hydroxyl groups excluding tert-OH is 1. The van der Waals surface area contributed by atoms with Gasteiger partial charge >= 0.3 is 0 Å². The Morgan fingerprint density at radius 2 is 2.26 bits per heavy atom. The molecule has 1 aromatic heterocycles. The van der Waals surface area contributed by atoms with Crippen LogP contribution in [0.2, 0.25) is 0 Å². The third-order valence-corrected chi connectivity index (χ3v) is 2.73. The highest BCUT2D eigenvalue weighted by Crippen LogP contribution is 2.25. The third-order valence-electron chi connectivity index (χ3n) is 2.73. The zero-order valence-corrected chi connectivity index (χ0v) is 10.1. The van der Waals surface area contributed by atoms with Crippen molar-refractivity contribution in [3.63, 3.8) is 0 Å². The van der Waals surface area contributed by atoms with E-state index in [1.807, 2.05) is 6.07 Å². The molecule has 1 aromatic carbocycles. The molecule has 0 spiro atoms. The molecule has 98 valence electrons. The Morgan fingerprint density at radius 3 is 2.84 bits per heavy atom. The van der Waals surface area contributed by atoms with E-state index < -0.39 is 5.82 Å². The molecule has 5 heteroatoms. The van der Waals surface area contributed by atoms with Crippen LogP contribution in [0.1, 0.15) is 23.8 Å². The average Bonchev–Trinajstić information content (AvgIpc) is 2.94. The van der Waals surface area contributed by atoms with Gasteiger partial charge < -0.3 is 14.8 Å². The summed E-state index contributed by atoms with van der Waals surface area (Å²) in [6.45, 7) is -0.0454. The fourth-order valence-corrected chi connectivity index (χ4v) is 1.79. The van der Waals surface area contributed by atoms with Crippen LogP contribution in [0.25, 0.3) is 0 Å². The van der Waals surface area contributed by atoms with Crippen molar-refractivity contribution in [2.24, 2.45) is 0 Å². The highest BCUT2D eigenvalue weighted by atomic mass is 19.1. The third kappa shape index (κ3) is 3.12. The number of nitrogens with zero attached hydrogens (tertiary/aromatic N) is 1. The maximum absolute atomic E-state index is 13.8. The molecule has 2 rings (SSSR count). The van der Waals surface area contributed by atoms with Crippen LogP contribution < -0.4 is 5.32 Å². The second kappa shape index (κ2) is 6.03. The van der Waals surface area contributed by atoms with E-state index in [0.29, 0.717) is 12.2 Å². The molecule has 0 bridgehead atoms. The highest BCUT2D eigenvalue weighted by Gasteiger charge is 2.15. The predicted molar refractivity (Wildman–Crippen MR) is 67.9 cm³/mol. The van der Waals surface area contributed by atoms with E-state index in [0.717, 1.165) is 0 Å². The van der Waals surface area contributed by atoms with Crippen molar-refractivity contribution in [1.82, 2.24) is 0 Å². The molecule has 2 N–H and O–H groups in total. The number of benzene rings is 1. The minimum Gasteiger partial charge on any atom is -0.467 e. The van der Waals surface area contributed by atoms with E-state index in [4.69, 9.17) is 14.8 Å². The van der Waals surface area contributed by atoms with Crippen LogP contribution in [0.4, 0.5) is 10.1 Å². The summed E-state index contributed by atoms with van der Waals surface area (Å²) in [7, 11) is 0. The molecule has 1 unspecified atom stereocenters. The van der Waals surface area contributed by atoms with Crippen molar-refractivity contribution >= 4 is 5.69 Å². The first-order chi connectivity index (χ1) is 9.24. The number of nitriles is 1. The number of furan rings is 1. The van der Waals surface area contributed by atoms with Gasteiger partial charge in [-0.2, -0.15) is 5.26 Å². The van der Waals surface area contributed by atoms with Gasteiger partial charge in [0.15, 0.2) is 0 Å². The molecule has 2 aromatic rings. The largest absolute Gasteiger partial charge is 0.467 e. The second-order valence-electron chi connectivity index (χ2n) is 4.03. The van der Waals surface area contributed by atoms with Crippen molar-refractivity contribution in [3.8, 4) is 6.07 Å². The van der Waals surface area contributed by atoms with Crippen LogP contribution in [0.3, 0.4) is 0 Å². The maximum Gasteiger partial charge on any atom is 0.147 e. The van der Waals surface area contributed by atoms with E-state index in [1.54, 1.807) is 12.1 Å². The quantitative estimate of drug-likeness (QED) is 0.867. The number of hydrogen-bond acceptors (Lipinski definition) is 4. The second-order valence-corrected chi connectivity index (χ2v) is 4.03. The molecular weight excluding hydrogens is 247 g/mol. The lowest BCUT2D eigenvalue weighted by molar-refractivity contribution is 0.273. The van der Waals surface area contributed by atoms with E-state index in [-0.39, 0.29) is 23.9 Å². The molecule has 0 fully saturated rings. The van der Waals surface area contributed by atoms with Crippen LogP contribution in [0.15, 0.2) is 41.0 Å². The Labute approximate surface area is 110 Å². The lowest BCUT2D eigenvalue weighted by Crippen LogP contribution is -2.12. The predicted octanol–water partition coefficient (Wildman–Crippen LogP) is 2.83. The fraction of sp³-hybridized carbons (Fsp3) is 0.214. The van der Waals surface area contributed by atoms with Crippen molar-refractivity contribution in [2.45, 2.75) is 12.5 Å². The lowest BCUT2D eigenvalue weighted by atomic mass is 10.1. The van der Waals surface area contributed by atoms with Gasteiger partial charge in [0.1, 0.15) is 11.6 Å². The molecule has 0 saturated carbocycles.